The number of hydrogen-bond donors (Lipinski definition) is 0. The number of benzene rings is 2. The van der Waals surface area contributed by atoms with E-state index in [4.69, 9.17) is 0 Å². The summed E-state index contributed by atoms with van der Waals surface area (Å²) in [5.74, 6) is -4.04. The van der Waals surface area contributed by atoms with Crippen LogP contribution in [0.1, 0.15) is 11.1 Å². The Labute approximate surface area is 144 Å². The van der Waals surface area contributed by atoms with Crippen LogP contribution < -0.4 is 0 Å². The van der Waals surface area contributed by atoms with Gasteiger partial charge in [0.1, 0.15) is 28.7 Å². The van der Waals surface area contributed by atoms with Crippen molar-refractivity contribution in [1.82, 2.24) is 0 Å². The van der Waals surface area contributed by atoms with Crippen molar-refractivity contribution in [1.29, 1.82) is 0 Å². The van der Waals surface area contributed by atoms with Crippen molar-refractivity contribution < 1.29 is 26.9 Å². The molecule has 0 saturated carbocycles. The van der Waals surface area contributed by atoms with E-state index in [1.54, 1.807) is 0 Å². The first-order valence-electron chi connectivity index (χ1n) is 7.01. The van der Waals surface area contributed by atoms with Crippen LogP contribution in [0.2, 0.25) is 0 Å². The van der Waals surface area contributed by atoms with E-state index in [1.165, 1.54) is 18.2 Å². The average Bonchev–Trinajstić information content (AvgIpc) is 2.53. The van der Waals surface area contributed by atoms with Crippen molar-refractivity contribution in [3.05, 3.63) is 82.3 Å². The lowest BCUT2D eigenvalue weighted by Crippen LogP contribution is -2.11. The first-order valence-corrected chi connectivity index (χ1v) is 8.40. The van der Waals surface area contributed by atoms with E-state index in [2.05, 4.69) is 0 Å². The molecule has 2 aromatic rings. The van der Waals surface area contributed by atoms with Gasteiger partial charge in [-0.1, -0.05) is 0 Å². The summed E-state index contributed by atoms with van der Waals surface area (Å²) in [4.78, 5) is 11.7. The first kappa shape index (κ1) is 19.0. The van der Waals surface area contributed by atoms with Crippen molar-refractivity contribution in [2.24, 2.45) is 0 Å². The number of rotatable bonds is 6. The van der Waals surface area contributed by atoms with Gasteiger partial charge in [-0.15, -0.1) is 0 Å². The molecule has 2 aromatic carbocycles. The molecule has 1 atom stereocenters. The summed E-state index contributed by atoms with van der Waals surface area (Å²) in [5.41, 5.74) is 0.0515. The molecule has 2 rings (SSSR count). The summed E-state index contributed by atoms with van der Waals surface area (Å²) < 4.78 is 64.1. The second-order valence-electron chi connectivity index (χ2n) is 4.96. The van der Waals surface area contributed by atoms with E-state index >= 15 is 0 Å². The molecule has 25 heavy (non-hydrogen) atoms. The van der Waals surface area contributed by atoms with E-state index in [0.717, 1.165) is 29.7 Å². The summed E-state index contributed by atoms with van der Waals surface area (Å²) in [5, 5.41) is 1.11. The molecule has 0 aliphatic heterocycles. The predicted molar refractivity (Wildman–Crippen MR) is 88.8 cm³/mol. The molecule has 2 nitrogen and oxygen atoms in total. The zero-order valence-electron chi connectivity index (χ0n) is 12.7. The van der Waals surface area contributed by atoms with Crippen molar-refractivity contribution in [3.8, 4) is 0 Å². The molecule has 0 fully saturated rings. The highest BCUT2D eigenvalue weighted by Crippen LogP contribution is 2.13. The lowest BCUT2D eigenvalue weighted by molar-refractivity contribution is -0.112. The summed E-state index contributed by atoms with van der Waals surface area (Å²) in [7, 11) is 0. The van der Waals surface area contributed by atoms with E-state index in [1.807, 2.05) is 0 Å². The average molecular weight is 368 g/mol. The van der Waals surface area contributed by atoms with E-state index in [9.17, 15) is 26.9 Å². The number of hydrogen-bond acceptors (Lipinski definition) is 2. The standard InChI is InChI=1S/C18H12F4O2S/c19-14-4-1-12(17(21)9-14)3-6-16(23)11-25(24)8-7-13-2-5-15(20)10-18(13)22/h1-10H,11H2/b6-3+,8-7?. The number of carbonyl (C=O) groups is 1. The van der Waals surface area contributed by atoms with Crippen molar-refractivity contribution >= 4 is 29.1 Å². The predicted octanol–water partition coefficient (Wildman–Crippen LogP) is 4.24. The maximum Gasteiger partial charge on any atom is 0.205 e. The van der Waals surface area contributed by atoms with Gasteiger partial charge in [-0.2, -0.15) is 0 Å². The van der Waals surface area contributed by atoms with Gasteiger partial charge in [0, 0.05) is 23.3 Å². The molecule has 0 heterocycles. The lowest BCUT2D eigenvalue weighted by Gasteiger charge is -2.03. The maximum atomic E-state index is 13.4. The van der Waals surface area contributed by atoms with Gasteiger partial charge in [0.05, 0.1) is 0 Å². The van der Waals surface area contributed by atoms with Gasteiger partial charge in [0.2, 0.25) is 5.78 Å². The van der Waals surface area contributed by atoms with Gasteiger partial charge < -0.3 is 4.55 Å². The number of halogens is 4. The third kappa shape index (κ3) is 5.88. The van der Waals surface area contributed by atoms with E-state index in [-0.39, 0.29) is 11.1 Å². The molecule has 0 aliphatic rings. The zero-order chi connectivity index (χ0) is 18.4. The molecule has 0 aromatic heterocycles. The fourth-order valence-corrected chi connectivity index (χ4v) is 2.61. The van der Waals surface area contributed by atoms with Crippen LogP contribution in [0.4, 0.5) is 17.6 Å². The summed E-state index contributed by atoms with van der Waals surface area (Å²) in [6.45, 7) is 0. The summed E-state index contributed by atoms with van der Waals surface area (Å²) in [6.07, 6.45) is 3.36. The van der Waals surface area contributed by atoms with Gasteiger partial charge in [-0.05, 0) is 53.7 Å². The molecule has 0 spiro atoms. The molecule has 0 bridgehead atoms. The van der Waals surface area contributed by atoms with Gasteiger partial charge in [-0.3, -0.25) is 4.79 Å². The molecular formula is C18H12F4O2S. The van der Waals surface area contributed by atoms with Crippen LogP contribution >= 0.6 is 0 Å². The van der Waals surface area contributed by atoms with Gasteiger partial charge >= 0.3 is 0 Å². The Morgan fingerprint density at radius 2 is 1.44 bits per heavy atom. The summed E-state index contributed by atoms with van der Waals surface area (Å²) in [6, 6.07) is 5.82. The minimum atomic E-state index is -1.73. The SMILES string of the molecule is O=C(/C=C/c1ccc(F)cc1F)C[S+]([O-])C=Cc1ccc(F)cc1F. The van der Waals surface area contributed by atoms with Crippen LogP contribution in [-0.2, 0) is 16.0 Å². The molecule has 0 N–H and O–H groups in total. The topological polar surface area (TPSA) is 40.1 Å². The van der Waals surface area contributed by atoms with Crippen LogP contribution in [0.25, 0.3) is 12.2 Å². The monoisotopic (exact) mass is 368 g/mol. The fraction of sp³-hybridized carbons (Fsp3) is 0.0556. The second kappa shape index (κ2) is 8.64. The Hall–Kier alpha value is -2.38. The zero-order valence-corrected chi connectivity index (χ0v) is 13.5. The third-order valence-corrected chi connectivity index (χ3v) is 4.07. The normalized spacial score (nSPS) is 12.8. The Bertz CT molecular complexity index is 834. The number of ketones is 1. The minimum Gasteiger partial charge on any atom is -0.612 e. The second-order valence-corrected chi connectivity index (χ2v) is 6.28. The first-order chi connectivity index (χ1) is 11.8. The van der Waals surface area contributed by atoms with Gasteiger partial charge in [0.25, 0.3) is 0 Å². The van der Waals surface area contributed by atoms with E-state index in [0.29, 0.717) is 12.1 Å². The van der Waals surface area contributed by atoms with Crippen LogP contribution in [0, 0.1) is 23.3 Å². The van der Waals surface area contributed by atoms with Crippen molar-refractivity contribution in [2.45, 2.75) is 0 Å². The highest BCUT2D eigenvalue weighted by Gasteiger charge is 2.09. The fourth-order valence-electron chi connectivity index (χ4n) is 1.84. The van der Waals surface area contributed by atoms with E-state index < -0.39 is 46.0 Å². The highest BCUT2D eigenvalue weighted by molar-refractivity contribution is 7.95. The Kier molecular flexibility index (Phi) is 6.55. The number of carbonyl (C=O) groups excluding carboxylic acids is 1. The Morgan fingerprint density at radius 3 is 1.96 bits per heavy atom. The molecule has 130 valence electrons. The van der Waals surface area contributed by atoms with Gasteiger partial charge in [0.15, 0.2) is 5.75 Å². The van der Waals surface area contributed by atoms with Crippen LogP contribution in [0.15, 0.2) is 47.9 Å². The Balaban J connectivity index is 1.95. The van der Waals surface area contributed by atoms with Crippen molar-refractivity contribution in [2.75, 3.05) is 5.75 Å². The maximum absolute atomic E-state index is 13.4. The minimum absolute atomic E-state index is 0.0180. The molecule has 0 amide bonds. The van der Waals surface area contributed by atoms with Crippen LogP contribution in [-0.4, -0.2) is 16.1 Å². The smallest absolute Gasteiger partial charge is 0.205 e. The summed E-state index contributed by atoms with van der Waals surface area (Å²) >= 11 is -1.73. The van der Waals surface area contributed by atoms with Crippen LogP contribution in [0.3, 0.4) is 0 Å². The van der Waals surface area contributed by atoms with Crippen LogP contribution in [0.5, 0.6) is 0 Å². The Morgan fingerprint density at radius 1 is 0.920 bits per heavy atom. The molecule has 0 saturated heterocycles. The third-order valence-electron chi connectivity index (χ3n) is 3.06. The quantitative estimate of drug-likeness (QED) is 0.435. The van der Waals surface area contributed by atoms with Gasteiger partial charge in [-0.25, -0.2) is 17.6 Å². The lowest BCUT2D eigenvalue weighted by atomic mass is 10.2. The molecule has 7 heteroatoms. The molecule has 1 unspecified atom stereocenters. The molecule has 0 radical (unpaired) electrons. The highest BCUT2D eigenvalue weighted by atomic mass is 32.2. The largest absolute Gasteiger partial charge is 0.612 e. The van der Waals surface area contributed by atoms with Crippen molar-refractivity contribution in [3.63, 3.8) is 0 Å². The number of allylic oxidation sites excluding steroid dienone is 1. The molecule has 0 aliphatic carbocycles. The molecular weight excluding hydrogens is 356 g/mol.